The van der Waals surface area contributed by atoms with Crippen LogP contribution in [0.2, 0.25) is 0 Å². The molecule has 1 N–H and O–H groups in total. The van der Waals surface area contributed by atoms with E-state index in [1.54, 1.807) is 24.3 Å². The van der Waals surface area contributed by atoms with E-state index >= 15 is 0 Å². The summed E-state index contributed by atoms with van der Waals surface area (Å²) in [5.74, 6) is 1.64. The van der Waals surface area contributed by atoms with Gasteiger partial charge in [0.1, 0.15) is 17.9 Å². The molecule has 114 valence electrons. The van der Waals surface area contributed by atoms with Crippen LogP contribution in [0, 0.1) is 6.92 Å². The van der Waals surface area contributed by atoms with Gasteiger partial charge in [-0.05, 0) is 19.9 Å². The molecule has 2 aromatic heterocycles. The minimum Gasteiger partial charge on any atom is -0.496 e. The highest BCUT2D eigenvalue weighted by atomic mass is 16.5. The Labute approximate surface area is 129 Å². The Balaban J connectivity index is 1.96. The van der Waals surface area contributed by atoms with Gasteiger partial charge in [0.25, 0.3) is 0 Å². The number of nitrogens with zero attached hydrogens (tertiary/aromatic N) is 4. The third kappa shape index (κ3) is 2.47. The first kappa shape index (κ1) is 14.3. The zero-order valence-electron chi connectivity index (χ0n) is 13.2. The van der Waals surface area contributed by atoms with E-state index < -0.39 is 0 Å². The molecule has 0 radical (unpaired) electrons. The number of methoxy groups -OCH3 is 1. The van der Waals surface area contributed by atoms with E-state index in [1.165, 1.54) is 5.56 Å². The smallest absolute Gasteiger partial charge is 0.163 e. The first-order chi connectivity index (χ1) is 10.6. The number of fused-ring (bicyclic) bond motifs is 1. The van der Waals surface area contributed by atoms with E-state index in [2.05, 4.69) is 40.3 Å². The van der Waals surface area contributed by atoms with E-state index in [0.29, 0.717) is 0 Å². The summed E-state index contributed by atoms with van der Waals surface area (Å²) < 4.78 is 7.20. The summed E-state index contributed by atoms with van der Waals surface area (Å²) >= 11 is 0. The van der Waals surface area contributed by atoms with Crippen molar-refractivity contribution in [3.63, 3.8) is 0 Å². The van der Waals surface area contributed by atoms with E-state index in [4.69, 9.17) is 4.74 Å². The molecule has 6 nitrogen and oxygen atoms in total. The molecule has 3 aromatic rings. The van der Waals surface area contributed by atoms with Gasteiger partial charge in [0.2, 0.25) is 0 Å². The number of benzene rings is 1. The lowest BCUT2D eigenvalue weighted by Gasteiger charge is -2.18. The number of ether oxygens (including phenoxy) is 1. The first-order valence-corrected chi connectivity index (χ1v) is 7.14. The van der Waals surface area contributed by atoms with Crippen molar-refractivity contribution in [3.05, 3.63) is 41.9 Å². The molecule has 1 aromatic carbocycles. The van der Waals surface area contributed by atoms with Gasteiger partial charge >= 0.3 is 0 Å². The minimum atomic E-state index is 0.0492. The highest BCUT2D eigenvalue weighted by Crippen LogP contribution is 2.29. The maximum Gasteiger partial charge on any atom is 0.163 e. The molecule has 0 bridgehead atoms. The van der Waals surface area contributed by atoms with Crippen molar-refractivity contribution in [2.45, 2.75) is 19.9 Å². The van der Waals surface area contributed by atoms with E-state index in [-0.39, 0.29) is 6.04 Å². The second-order valence-electron chi connectivity index (χ2n) is 5.34. The van der Waals surface area contributed by atoms with Crippen molar-refractivity contribution >= 4 is 16.9 Å². The van der Waals surface area contributed by atoms with E-state index in [9.17, 15) is 0 Å². The summed E-state index contributed by atoms with van der Waals surface area (Å²) in [5, 5.41) is 8.57. The quantitative estimate of drug-likeness (QED) is 0.802. The molecule has 0 aliphatic heterocycles. The maximum absolute atomic E-state index is 5.46. The monoisotopic (exact) mass is 297 g/mol. The Morgan fingerprint density at radius 2 is 2.09 bits per heavy atom. The van der Waals surface area contributed by atoms with Gasteiger partial charge in [0.05, 0.1) is 24.7 Å². The molecule has 0 amide bonds. The Morgan fingerprint density at radius 1 is 1.27 bits per heavy atom. The topological polar surface area (TPSA) is 64.9 Å². The SMILES string of the molecule is COc1ccc(C)cc1C(C)Nc1ncnc2c1cnn2C. The second kappa shape index (κ2) is 5.63. The van der Waals surface area contributed by atoms with Gasteiger partial charge < -0.3 is 10.1 Å². The molecule has 0 spiro atoms. The van der Waals surface area contributed by atoms with Crippen LogP contribution in [0.4, 0.5) is 5.82 Å². The number of hydrogen-bond acceptors (Lipinski definition) is 5. The van der Waals surface area contributed by atoms with Gasteiger partial charge in [-0.25, -0.2) is 9.97 Å². The number of aryl methyl sites for hydroxylation is 2. The number of nitrogens with one attached hydrogen (secondary N) is 1. The molecule has 22 heavy (non-hydrogen) atoms. The summed E-state index contributed by atoms with van der Waals surface area (Å²) in [6.07, 6.45) is 3.32. The van der Waals surface area contributed by atoms with Gasteiger partial charge in [-0.15, -0.1) is 0 Å². The van der Waals surface area contributed by atoms with E-state index in [0.717, 1.165) is 28.2 Å². The van der Waals surface area contributed by atoms with Crippen molar-refractivity contribution in [3.8, 4) is 5.75 Å². The molecule has 0 fully saturated rings. The maximum atomic E-state index is 5.46. The van der Waals surface area contributed by atoms with Gasteiger partial charge in [0, 0.05) is 12.6 Å². The average Bonchev–Trinajstić information content (AvgIpc) is 2.90. The molecule has 0 saturated heterocycles. The fourth-order valence-electron chi connectivity index (χ4n) is 2.55. The minimum absolute atomic E-state index is 0.0492. The molecule has 3 rings (SSSR count). The van der Waals surface area contributed by atoms with Crippen molar-refractivity contribution in [2.24, 2.45) is 7.05 Å². The summed E-state index contributed by atoms with van der Waals surface area (Å²) in [5.41, 5.74) is 3.10. The Kier molecular flexibility index (Phi) is 3.66. The molecule has 0 saturated carbocycles. The normalized spacial score (nSPS) is 12.4. The molecule has 6 heteroatoms. The number of rotatable bonds is 4. The number of anilines is 1. The van der Waals surface area contributed by atoms with Gasteiger partial charge in [0.15, 0.2) is 5.65 Å². The van der Waals surface area contributed by atoms with Crippen molar-refractivity contribution < 1.29 is 4.74 Å². The molecule has 2 heterocycles. The van der Waals surface area contributed by atoms with Crippen LogP contribution in [0.1, 0.15) is 24.1 Å². The lowest BCUT2D eigenvalue weighted by atomic mass is 10.0. The van der Waals surface area contributed by atoms with Crippen LogP contribution in [0.25, 0.3) is 11.0 Å². The molecule has 1 unspecified atom stereocenters. The molecule has 1 atom stereocenters. The fraction of sp³-hybridized carbons (Fsp3) is 0.312. The van der Waals surface area contributed by atoms with Crippen LogP contribution >= 0.6 is 0 Å². The summed E-state index contributed by atoms with van der Waals surface area (Å²) in [6.45, 7) is 4.15. The zero-order chi connectivity index (χ0) is 15.7. The summed E-state index contributed by atoms with van der Waals surface area (Å²) in [6, 6.07) is 6.20. The highest BCUT2D eigenvalue weighted by molar-refractivity contribution is 5.86. The van der Waals surface area contributed by atoms with Gasteiger partial charge in [-0.3, -0.25) is 4.68 Å². The average molecular weight is 297 g/mol. The predicted molar refractivity (Wildman–Crippen MR) is 86.1 cm³/mol. The fourth-order valence-corrected chi connectivity index (χ4v) is 2.55. The summed E-state index contributed by atoms with van der Waals surface area (Å²) in [7, 11) is 3.55. The van der Waals surface area contributed by atoms with Gasteiger partial charge in [-0.2, -0.15) is 5.10 Å². The lowest BCUT2D eigenvalue weighted by molar-refractivity contribution is 0.408. The first-order valence-electron chi connectivity index (χ1n) is 7.14. The van der Waals surface area contributed by atoms with Crippen molar-refractivity contribution in [1.29, 1.82) is 0 Å². The predicted octanol–water partition coefficient (Wildman–Crippen LogP) is 2.85. The van der Waals surface area contributed by atoms with Crippen LogP contribution in [-0.2, 0) is 7.05 Å². The zero-order valence-corrected chi connectivity index (χ0v) is 13.2. The van der Waals surface area contributed by atoms with Crippen molar-refractivity contribution in [2.75, 3.05) is 12.4 Å². The van der Waals surface area contributed by atoms with Gasteiger partial charge in [-0.1, -0.05) is 17.7 Å². The number of hydrogen-bond donors (Lipinski definition) is 1. The third-order valence-corrected chi connectivity index (χ3v) is 3.73. The Hall–Kier alpha value is -2.63. The molecular formula is C16H19N5O. The largest absolute Gasteiger partial charge is 0.496 e. The molecule has 0 aliphatic carbocycles. The van der Waals surface area contributed by atoms with Crippen LogP contribution < -0.4 is 10.1 Å². The van der Waals surface area contributed by atoms with Crippen LogP contribution in [0.5, 0.6) is 5.75 Å². The van der Waals surface area contributed by atoms with Crippen LogP contribution in [0.3, 0.4) is 0 Å². The molecular weight excluding hydrogens is 278 g/mol. The summed E-state index contributed by atoms with van der Waals surface area (Å²) in [4.78, 5) is 8.60. The lowest BCUT2D eigenvalue weighted by Crippen LogP contribution is -2.10. The number of aromatic nitrogens is 4. The Bertz CT molecular complexity index is 811. The molecule has 0 aliphatic rings. The standard InChI is InChI=1S/C16H19N5O/c1-10-5-6-14(22-4)12(7-10)11(2)20-15-13-8-19-21(3)16(13)18-9-17-15/h5-9,11H,1-4H3,(H,17,18,20). The van der Waals surface area contributed by atoms with Crippen LogP contribution in [0.15, 0.2) is 30.7 Å². The van der Waals surface area contributed by atoms with Crippen LogP contribution in [-0.4, -0.2) is 26.9 Å². The third-order valence-electron chi connectivity index (χ3n) is 3.73. The highest BCUT2D eigenvalue weighted by Gasteiger charge is 2.15. The second-order valence-corrected chi connectivity index (χ2v) is 5.34. The Morgan fingerprint density at radius 3 is 2.86 bits per heavy atom. The van der Waals surface area contributed by atoms with Crippen molar-refractivity contribution in [1.82, 2.24) is 19.7 Å². The van der Waals surface area contributed by atoms with E-state index in [1.807, 2.05) is 19.2 Å².